The van der Waals surface area contributed by atoms with Crippen molar-refractivity contribution in [3.05, 3.63) is 36.4 Å². The van der Waals surface area contributed by atoms with E-state index < -0.39 is 25.5 Å². The molecule has 0 bridgehead atoms. The van der Waals surface area contributed by atoms with Crippen molar-refractivity contribution in [2.24, 2.45) is 14.1 Å². The van der Waals surface area contributed by atoms with E-state index in [0.717, 1.165) is 5.82 Å². The van der Waals surface area contributed by atoms with Crippen molar-refractivity contribution in [3.63, 3.8) is 0 Å². The maximum Gasteiger partial charge on any atom is 0.134 e. The number of aryl methyl sites for hydroxylation is 2. The quantitative estimate of drug-likeness (QED) is 0.366. The second-order valence-corrected chi connectivity index (χ2v) is 6.55. The monoisotopic (exact) mass is 443 g/mol. The third kappa shape index (κ3) is 17.4. The maximum absolute atomic E-state index is 8.52. The van der Waals surface area contributed by atoms with E-state index in [1.807, 2.05) is 24.9 Å². The molecule has 2 aromatic heterocycles. The van der Waals surface area contributed by atoms with E-state index in [1.165, 1.54) is 7.06 Å². The minimum atomic E-state index is -0.630. The van der Waals surface area contributed by atoms with Crippen LogP contribution in [-0.4, -0.2) is 133 Å². The Balaban J connectivity index is -0.000000348. The smallest absolute Gasteiger partial charge is 0.134 e. The van der Waals surface area contributed by atoms with E-state index in [-0.39, 0.29) is 25.4 Å². The summed E-state index contributed by atoms with van der Waals surface area (Å²) in [6.45, 7) is 0.0174. The lowest BCUT2D eigenvalue weighted by Gasteiger charge is -2.13. The van der Waals surface area contributed by atoms with Gasteiger partial charge in [0.25, 0.3) is 0 Å². The minimum Gasteiger partial charge on any atom is -0.388 e. The van der Waals surface area contributed by atoms with Gasteiger partial charge in [0.05, 0.1) is 5.88 Å². The van der Waals surface area contributed by atoms with E-state index in [1.54, 1.807) is 23.2 Å². The molecule has 0 aliphatic carbocycles. The molecule has 0 spiro atoms. The number of imidazole rings is 2. The van der Waals surface area contributed by atoms with Gasteiger partial charge in [0, 0.05) is 148 Å². The fraction of sp³-hybridized carbons (Fsp3) is 0.400. The first-order valence-electron chi connectivity index (χ1n) is 9.11. The number of hydrogen-bond acceptors (Lipinski definition) is 3. The van der Waals surface area contributed by atoms with Gasteiger partial charge in [-0.2, -0.15) is 0 Å². The molecule has 0 aromatic carbocycles. The van der Waals surface area contributed by atoms with Gasteiger partial charge in [0.1, 0.15) is 18.3 Å². The first kappa shape index (κ1) is 36.5. The van der Waals surface area contributed by atoms with Crippen molar-refractivity contribution in [2.75, 3.05) is 0 Å². The van der Waals surface area contributed by atoms with Crippen molar-refractivity contribution in [2.45, 2.75) is 12.5 Å². The first-order chi connectivity index (χ1) is 14.4. The maximum atomic E-state index is 8.52. The van der Waals surface area contributed by atoms with Gasteiger partial charge in [0.2, 0.25) is 0 Å². The Hall–Kier alpha value is -0.0660. The zero-order valence-corrected chi connectivity index (χ0v) is 20.0. The molecule has 141 valence electrons. The average Bonchev–Trinajstić information content (AvgIpc) is 3.34. The molecule has 0 amide bonds. The summed E-state index contributed by atoms with van der Waals surface area (Å²) in [5.41, 5.74) is 0. The number of aliphatic hydroxyl groups excluding tert-OH is 1. The molecule has 5 nitrogen and oxygen atoms in total. The SMILES string of the molecule is Cl.Cn1ccnc1CCl.Cn1ccnc1CO.[B]B([B])B([B])B([B])[B].[B][B]B([B])B([B])[B]. The molecular weight excluding hydrogens is 425 g/mol. The molecular formula is C10H16B15Cl2N4O. The van der Waals surface area contributed by atoms with Gasteiger partial charge < -0.3 is 14.2 Å². The van der Waals surface area contributed by atoms with Gasteiger partial charge in [-0.3, -0.25) is 0 Å². The fourth-order valence-electron chi connectivity index (χ4n) is 1.46. The molecule has 0 atom stereocenters. The molecule has 0 unspecified atom stereocenters. The number of aliphatic hydroxyl groups is 1. The molecule has 1 N–H and O–H groups in total. The summed E-state index contributed by atoms with van der Waals surface area (Å²) < 4.78 is 3.67. The van der Waals surface area contributed by atoms with E-state index in [0.29, 0.717) is 11.7 Å². The lowest BCUT2D eigenvalue weighted by molar-refractivity contribution is 0.267. The first-order valence-corrected chi connectivity index (χ1v) is 9.65. The summed E-state index contributed by atoms with van der Waals surface area (Å²) in [5, 5.41) is 8.52. The van der Waals surface area contributed by atoms with Crippen molar-refractivity contribution < 1.29 is 5.11 Å². The Morgan fingerprint density at radius 3 is 1.38 bits per heavy atom. The van der Waals surface area contributed by atoms with Gasteiger partial charge in [-0.15, -0.1) is 24.0 Å². The third-order valence-corrected chi connectivity index (χ3v) is 3.90. The topological polar surface area (TPSA) is 55.9 Å². The minimum absolute atomic E-state index is 0. The molecule has 0 aliphatic heterocycles. The van der Waals surface area contributed by atoms with Crippen LogP contribution in [0, 0.1) is 0 Å². The summed E-state index contributed by atoms with van der Waals surface area (Å²) in [6.07, 6.45) is 4.36. The summed E-state index contributed by atoms with van der Waals surface area (Å²) in [6, 6.07) is 0. The highest BCUT2D eigenvalue weighted by Crippen LogP contribution is 1.96. The molecule has 19 radical (unpaired) electrons. The second-order valence-electron chi connectivity index (χ2n) is 6.28. The van der Waals surface area contributed by atoms with E-state index in [9.17, 15) is 0 Å². The molecule has 2 rings (SSSR count). The standard InChI is InChI=1S/C5H7ClN2.C5H8N2O.B8.B7.ClH/c1-8-3-2-7-5(8)4-6;1-7-3-2-6-5(7)4-8;1-6(2)8(5)7(3)4;1-5-7(4)6(2)3;/h2-3H,4H2,1H3;2-3,8H,4H2,1H3;;;1H. The lowest BCUT2D eigenvalue weighted by Crippen LogP contribution is -2.52. The van der Waals surface area contributed by atoms with Crippen LogP contribution in [0.2, 0.25) is 0 Å². The van der Waals surface area contributed by atoms with Crippen LogP contribution in [0.3, 0.4) is 0 Å². The number of aromatic nitrogens is 4. The van der Waals surface area contributed by atoms with Crippen LogP contribution in [0.5, 0.6) is 0 Å². The molecule has 32 heavy (non-hydrogen) atoms. The number of rotatable bonds is 6. The van der Waals surface area contributed by atoms with Crippen molar-refractivity contribution in [1.29, 1.82) is 0 Å². The molecule has 2 aromatic rings. The normalized spacial score (nSPS) is 8.50. The summed E-state index contributed by atoms with van der Waals surface area (Å²) in [7, 11) is 51.1. The average molecular weight is 441 g/mol. The van der Waals surface area contributed by atoms with E-state index in [2.05, 4.69) is 9.97 Å². The Labute approximate surface area is 219 Å². The highest BCUT2D eigenvalue weighted by atomic mass is 35.5. The Bertz CT molecular complexity index is 630. The molecule has 2 heterocycles. The summed E-state index contributed by atoms with van der Waals surface area (Å²) in [5.74, 6) is 2.10. The molecule has 0 saturated heterocycles. The van der Waals surface area contributed by atoms with Gasteiger partial charge in [-0.05, 0) is 0 Å². The van der Waals surface area contributed by atoms with Gasteiger partial charge in [-0.1, -0.05) is 0 Å². The van der Waals surface area contributed by atoms with Crippen LogP contribution in [0.25, 0.3) is 0 Å². The van der Waals surface area contributed by atoms with Crippen molar-refractivity contribution >= 4 is 133 Å². The predicted molar refractivity (Wildman–Crippen MR) is 155 cm³/mol. The number of hydrogen-bond donors (Lipinski definition) is 1. The Morgan fingerprint density at radius 1 is 0.875 bits per heavy atom. The molecule has 0 aliphatic rings. The fourth-order valence-corrected chi connectivity index (χ4v) is 1.72. The van der Waals surface area contributed by atoms with E-state index >= 15 is 0 Å². The highest BCUT2D eigenvalue weighted by Gasteiger charge is 2.14. The van der Waals surface area contributed by atoms with Crippen molar-refractivity contribution in [1.82, 2.24) is 19.1 Å². The van der Waals surface area contributed by atoms with Crippen LogP contribution < -0.4 is 0 Å². The molecule has 22 heteroatoms. The van der Waals surface area contributed by atoms with E-state index in [4.69, 9.17) is 86.3 Å². The predicted octanol–water partition coefficient (Wildman–Crippen LogP) is -4.22. The van der Waals surface area contributed by atoms with Crippen LogP contribution in [0.4, 0.5) is 0 Å². The largest absolute Gasteiger partial charge is 0.388 e. The number of nitrogens with zero attached hydrogens (tertiary/aromatic N) is 4. The summed E-state index contributed by atoms with van der Waals surface area (Å²) in [4.78, 5) is 7.81. The second kappa shape index (κ2) is 21.5. The van der Waals surface area contributed by atoms with Crippen LogP contribution in [-0.2, 0) is 26.6 Å². The van der Waals surface area contributed by atoms with Crippen molar-refractivity contribution in [3.8, 4) is 0 Å². The number of alkyl halides is 1. The van der Waals surface area contributed by atoms with Gasteiger partial charge in [0.15, 0.2) is 0 Å². The number of halogens is 2. The van der Waals surface area contributed by atoms with Crippen LogP contribution in [0.1, 0.15) is 11.6 Å². The zero-order valence-electron chi connectivity index (χ0n) is 18.4. The van der Waals surface area contributed by atoms with Crippen LogP contribution in [0.15, 0.2) is 24.8 Å². The Kier molecular flexibility index (Phi) is 24.5. The lowest BCUT2D eigenvalue weighted by atomic mass is 8.68. The third-order valence-electron chi connectivity index (χ3n) is 3.66. The highest BCUT2D eigenvalue weighted by molar-refractivity contribution is 7.89. The van der Waals surface area contributed by atoms with Gasteiger partial charge in [-0.25, -0.2) is 9.97 Å². The molecule has 0 saturated carbocycles. The Morgan fingerprint density at radius 2 is 1.28 bits per heavy atom. The zero-order chi connectivity index (χ0) is 24.6. The van der Waals surface area contributed by atoms with Gasteiger partial charge >= 0.3 is 0 Å². The molecule has 0 fully saturated rings. The summed E-state index contributed by atoms with van der Waals surface area (Å²) >= 11 is 5.49. The van der Waals surface area contributed by atoms with Crippen LogP contribution >= 0.6 is 24.0 Å².